The summed E-state index contributed by atoms with van der Waals surface area (Å²) in [6.07, 6.45) is -1.55. The molecule has 8 rings (SSSR count). The van der Waals surface area contributed by atoms with Crippen LogP contribution in [0.15, 0.2) is 116 Å². The summed E-state index contributed by atoms with van der Waals surface area (Å²) < 4.78 is 23.8. The molecule has 348 valence electrons. The quantitative estimate of drug-likeness (QED) is 0.0884. The van der Waals surface area contributed by atoms with Crippen molar-refractivity contribution >= 4 is 40.7 Å². The number of aromatic nitrogens is 1. The highest BCUT2D eigenvalue weighted by molar-refractivity contribution is 6.06. The minimum absolute atomic E-state index is 0.000257. The summed E-state index contributed by atoms with van der Waals surface area (Å²) in [5, 5.41) is 13.5. The van der Waals surface area contributed by atoms with Gasteiger partial charge in [0.05, 0.1) is 42.9 Å². The Bertz CT molecular complexity index is 2710. The van der Waals surface area contributed by atoms with Crippen LogP contribution in [0.4, 0.5) is 9.59 Å². The minimum atomic E-state index is -1.96. The van der Waals surface area contributed by atoms with E-state index < -0.39 is 71.1 Å². The number of hydrogen-bond donors (Lipinski definition) is 3. The molecule has 1 aliphatic heterocycles. The van der Waals surface area contributed by atoms with Crippen molar-refractivity contribution in [3.63, 3.8) is 0 Å². The fourth-order valence-electron chi connectivity index (χ4n) is 9.48. The van der Waals surface area contributed by atoms with Gasteiger partial charge in [0.2, 0.25) is 5.91 Å². The Morgan fingerprint density at radius 1 is 0.970 bits per heavy atom. The molecule has 2 fully saturated rings. The number of carboxylic acids is 1. The number of Topliss-reactive ketones (excluding diaryl/α,β-unsaturated/α-hetero) is 1. The number of carboxylic acid groups (broad SMARTS) is 1. The molecule has 0 unspecified atom stereocenters. The zero-order valence-corrected chi connectivity index (χ0v) is 38.2. The van der Waals surface area contributed by atoms with Gasteiger partial charge in [0, 0.05) is 42.0 Å². The predicted octanol–water partition coefficient (Wildman–Crippen LogP) is 7.35. The predicted molar refractivity (Wildman–Crippen MR) is 251 cm³/mol. The highest BCUT2D eigenvalue weighted by Gasteiger charge is 2.74. The maximum atomic E-state index is 15.3. The first kappa shape index (κ1) is 46.3. The van der Waals surface area contributed by atoms with Crippen LogP contribution in [0.5, 0.6) is 11.5 Å². The summed E-state index contributed by atoms with van der Waals surface area (Å²) in [5.41, 5.74) is 7.86. The summed E-state index contributed by atoms with van der Waals surface area (Å²) >= 11 is 0. The Balaban J connectivity index is 1.11. The number of ketones is 1. The smallest absolute Gasteiger partial charge is 0.411 e. The number of hydrogen-bond acceptors (Lipinski definition) is 11. The van der Waals surface area contributed by atoms with E-state index in [9.17, 15) is 24.3 Å². The molecule has 15 nitrogen and oxygen atoms in total. The zero-order chi connectivity index (χ0) is 47.8. The van der Waals surface area contributed by atoms with Gasteiger partial charge in [0.15, 0.2) is 5.78 Å². The Labute approximate surface area is 388 Å². The second-order valence-corrected chi connectivity index (χ2v) is 18.2. The van der Waals surface area contributed by atoms with Gasteiger partial charge in [-0.1, -0.05) is 84.9 Å². The molecule has 2 heterocycles. The molecule has 15 heteroatoms. The van der Waals surface area contributed by atoms with E-state index in [0.29, 0.717) is 28.1 Å². The maximum Gasteiger partial charge on any atom is 0.411 e. The van der Waals surface area contributed by atoms with Crippen LogP contribution in [0.1, 0.15) is 57.6 Å². The van der Waals surface area contributed by atoms with E-state index in [4.69, 9.17) is 29.7 Å². The SMILES string of the molecule is C=C[C@@]1(C(=O)[C@@H]2C[C@@H](Oc3cc(-c4ccccc4)nc4cc(OC)ccc34)CN2C(=O)[C@H](CNC(=O)OCC2c3ccccc3-c3ccccc32)N(CC)C(=O)OC(C)(C)C)C[C@]1(N)C(=O)O. The van der Waals surface area contributed by atoms with Crippen LogP contribution in [-0.4, -0.2) is 112 Å². The summed E-state index contributed by atoms with van der Waals surface area (Å²) in [5.74, 6) is -1.98. The number of alkyl carbamates (subject to hydrolysis) is 1. The van der Waals surface area contributed by atoms with Crippen molar-refractivity contribution in [3.05, 3.63) is 127 Å². The van der Waals surface area contributed by atoms with Gasteiger partial charge in [0.1, 0.15) is 41.4 Å². The minimum Gasteiger partial charge on any atom is -0.497 e. The van der Waals surface area contributed by atoms with Crippen molar-refractivity contribution < 1.29 is 48.0 Å². The van der Waals surface area contributed by atoms with Crippen molar-refractivity contribution in [2.75, 3.05) is 33.4 Å². The molecular weight excluding hydrogens is 855 g/mol. The van der Waals surface area contributed by atoms with Crippen molar-refractivity contribution in [2.24, 2.45) is 11.1 Å². The summed E-state index contributed by atoms with van der Waals surface area (Å²) in [7, 11) is 1.56. The molecule has 0 spiro atoms. The molecule has 3 aliphatic rings. The van der Waals surface area contributed by atoms with E-state index in [2.05, 4.69) is 11.9 Å². The topological polar surface area (TPSA) is 200 Å². The number of nitrogens with one attached hydrogen (secondary N) is 1. The van der Waals surface area contributed by atoms with Crippen LogP contribution >= 0.6 is 0 Å². The number of pyridine rings is 1. The van der Waals surface area contributed by atoms with Crippen LogP contribution in [0, 0.1) is 5.41 Å². The van der Waals surface area contributed by atoms with Crippen LogP contribution < -0.4 is 20.5 Å². The molecule has 2 aliphatic carbocycles. The van der Waals surface area contributed by atoms with Gasteiger partial charge in [-0.05, 0) is 68.5 Å². The number of ether oxygens (including phenoxy) is 4. The van der Waals surface area contributed by atoms with E-state index >= 15 is 4.79 Å². The number of carbonyl (C=O) groups excluding carboxylic acids is 4. The molecule has 0 bridgehead atoms. The molecule has 5 aromatic rings. The van der Waals surface area contributed by atoms with Crippen LogP contribution in [-0.2, 0) is 23.9 Å². The normalized spacial score (nSPS) is 21.1. The van der Waals surface area contributed by atoms with Crippen molar-refractivity contribution in [3.8, 4) is 33.9 Å². The lowest BCUT2D eigenvalue weighted by Crippen LogP contribution is -2.59. The third kappa shape index (κ3) is 8.78. The van der Waals surface area contributed by atoms with Gasteiger partial charge in [-0.15, -0.1) is 6.58 Å². The first-order chi connectivity index (χ1) is 32.0. The lowest BCUT2D eigenvalue weighted by atomic mass is 9.88. The molecule has 4 N–H and O–H groups in total. The fourth-order valence-corrected chi connectivity index (χ4v) is 9.48. The average Bonchev–Trinajstić information content (AvgIpc) is 3.57. The van der Waals surface area contributed by atoms with Gasteiger partial charge in [-0.3, -0.25) is 19.3 Å². The van der Waals surface area contributed by atoms with E-state index in [1.54, 1.807) is 53.0 Å². The number of amides is 3. The molecular formula is C52H55N5O10. The van der Waals surface area contributed by atoms with Gasteiger partial charge in [-0.2, -0.15) is 0 Å². The molecule has 1 saturated heterocycles. The lowest BCUT2D eigenvalue weighted by Gasteiger charge is -2.36. The fraction of sp³-hybridized carbons (Fsp3) is 0.346. The van der Waals surface area contributed by atoms with Crippen molar-refractivity contribution in [1.29, 1.82) is 0 Å². The van der Waals surface area contributed by atoms with Gasteiger partial charge >= 0.3 is 18.2 Å². The second kappa shape index (κ2) is 18.2. The van der Waals surface area contributed by atoms with E-state index in [0.717, 1.165) is 27.8 Å². The van der Waals surface area contributed by atoms with Gasteiger partial charge in [-0.25, -0.2) is 14.6 Å². The summed E-state index contributed by atoms with van der Waals surface area (Å²) in [4.78, 5) is 77.6. The molecule has 5 atom stereocenters. The van der Waals surface area contributed by atoms with Gasteiger partial charge < -0.3 is 40.0 Å². The first-order valence-corrected chi connectivity index (χ1v) is 22.3. The third-order valence-corrected chi connectivity index (χ3v) is 13.0. The zero-order valence-electron chi connectivity index (χ0n) is 38.2. The largest absolute Gasteiger partial charge is 0.497 e. The van der Waals surface area contributed by atoms with E-state index in [1.807, 2.05) is 84.9 Å². The monoisotopic (exact) mass is 909 g/mol. The number of nitrogens with zero attached hydrogens (tertiary/aromatic N) is 3. The van der Waals surface area contributed by atoms with Gasteiger partial charge in [0.25, 0.3) is 0 Å². The number of rotatable bonds is 15. The number of fused-ring (bicyclic) bond motifs is 4. The van der Waals surface area contributed by atoms with Crippen LogP contribution in [0.25, 0.3) is 33.3 Å². The van der Waals surface area contributed by atoms with Crippen molar-refractivity contribution in [1.82, 2.24) is 20.1 Å². The molecule has 3 amide bonds. The second-order valence-electron chi connectivity index (χ2n) is 18.2. The lowest BCUT2D eigenvalue weighted by molar-refractivity contribution is -0.145. The number of likely N-dealkylation sites (N-methyl/N-ethyl adjacent to an activating group) is 1. The molecule has 67 heavy (non-hydrogen) atoms. The Hall–Kier alpha value is -7.26. The Morgan fingerprint density at radius 3 is 2.22 bits per heavy atom. The molecule has 0 radical (unpaired) electrons. The molecule has 1 saturated carbocycles. The maximum absolute atomic E-state index is 15.3. The van der Waals surface area contributed by atoms with Crippen LogP contribution in [0.2, 0.25) is 0 Å². The number of nitrogens with two attached hydrogens (primary N) is 1. The van der Waals surface area contributed by atoms with E-state index in [1.165, 1.54) is 15.9 Å². The summed E-state index contributed by atoms with van der Waals surface area (Å²) in [6.45, 7) is 9.93. The van der Waals surface area contributed by atoms with Crippen molar-refractivity contribution in [2.45, 2.75) is 75.8 Å². The number of methoxy groups -OCH3 is 1. The van der Waals surface area contributed by atoms with E-state index in [-0.39, 0.29) is 38.5 Å². The molecule has 1 aromatic heterocycles. The number of benzene rings is 4. The Kier molecular flexibility index (Phi) is 12.6. The third-order valence-electron chi connectivity index (χ3n) is 13.0. The first-order valence-electron chi connectivity index (χ1n) is 22.3. The van der Waals surface area contributed by atoms with Crippen LogP contribution in [0.3, 0.4) is 0 Å². The highest BCUT2D eigenvalue weighted by atomic mass is 16.6. The average molecular weight is 910 g/mol. The molecule has 4 aromatic carbocycles. The number of likely N-dealkylation sites (tertiary alicyclic amines) is 1. The standard InChI is InChI=1S/C52H55N5O10/c1-7-51(30-52(51,53)47(60)61)45(58)42-25-33(66-44-26-40(31-16-10-9-11-17-31)55-41-24-32(64-6)22-23-38(41)44)28-57(42)46(59)43(56(8-2)49(63)67-50(3,4)5)27-54-48(62)65-29-39-36-20-14-12-18-34(36)35-19-13-15-21-37(35)39/h7,9-24,26,33,39,42-43H,1,8,25,27-30,53H2,2-6H3,(H,54,62)(H,60,61)/t33-,42+,43+,51+,52+/m1/s1. The number of carbonyl (C=O) groups is 5. The highest BCUT2D eigenvalue weighted by Crippen LogP contribution is 2.58. The summed E-state index contributed by atoms with van der Waals surface area (Å²) in [6, 6.07) is 29.8. The number of aliphatic carboxylic acids is 1. The Morgan fingerprint density at radius 2 is 1.63 bits per heavy atom.